The molecule has 0 aliphatic carbocycles. The Kier molecular flexibility index (Phi) is 4.09. The quantitative estimate of drug-likeness (QED) is 0.751. The number of rotatable bonds is 5. The Balaban J connectivity index is 3.04. The molecule has 3 N–H and O–H groups in total. The van der Waals surface area contributed by atoms with E-state index in [0.29, 0.717) is 11.3 Å². The Morgan fingerprint density at radius 2 is 2.00 bits per heavy atom. The van der Waals surface area contributed by atoms with E-state index < -0.39 is 17.8 Å². The lowest BCUT2D eigenvalue weighted by Gasteiger charge is -2.13. The average Bonchev–Trinajstić information content (AvgIpc) is 2.15. The molecule has 1 rings (SSSR count). The first-order valence-corrected chi connectivity index (χ1v) is 5.20. The Morgan fingerprint density at radius 3 is 2.47 bits per heavy atom. The molecule has 1 aromatic rings. The molecule has 0 fully saturated rings. The van der Waals surface area contributed by atoms with Gasteiger partial charge >= 0.3 is 5.97 Å². The highest BCUT2D eigenvalue weighted by molar-refractivity contribution is 6.01. The second-order valence-electron chi connectivity index (χ2n) is 3.91. The molecule has 5 heteroatoms. The molecule has 0 aromatic heterocycles. The first-order chi connectivity index (χ1) is 7.91. The van der Waals surface area contributed by atoms with Crippen LogP contribution in [0.5, 0.6) is 5.75 Å². The number of hydrogen-bond acceptors (Lipinski definition) is 3. The van der Waals surface area contributed by atoms with Crippen LogP contribution < -0.4 is 10.5 Å². The van der Waals surface area contributed by atoms with Crippen LogP contribution in [0.2, 0.25) is 0 Å². The molecule has 0 spiro atoms. The van der Waals surface area contributed by atoms with Gasteiger partial charge in [-0.3, -0.25) is 9.59 Å². The predicted octanol–water partition coefficient (Wildman–Crippen LogP) is 1.13. The van der Waals surface area contributed by atoms with Gasteiger partial charge in [0.15, 0.2) is 5.92 Å². The minimum atomic E-state index is -1.34. The minimum Gasteiger partial charge on any atom is -0.491 e. The number of benzene rings is 1. The Morgan fingerprint density at radius 1 is 1.35 bits per heavy atom. The lowest BCUT2D eigenvalue weighted by atomic mass is 9.98. The standard InChI is InChI=1S/C12H15NO4/c1-7(2)17-9-5-3-4-8(6-9)10(11(13)14)12(15)16/h3-7,10H,1-2H3,(H2,13,14)(H,15,16). The van der Waals surface area contributed by atoms with Crippen molar-refractivity contribution in [2.45, 2.75) is 25.9 Å². The van der Waals surface area contributed by atoms with Crippen molar-refractivity contribution >= 4 is 11.9 Å². The Labute approximate surface area is 99.2 Å². The molecule has 0 aliphatic rings. The summed E-state index contributed by atoms with van der Waals surface area (Å²) in [4.78, 5) is 22.0. The first-order valence-electron chi connectivity index (χ1n) is 5.20. The highest BCUT2D eigenvalue weighted by atomic mass is 16.5. The molecule has 5 nitrogen and oxygen atoms in total. The van der Waals surface area contributed by atoms with Crippen molar-refractivity contribution in [3.05, 3.63) is 29.8 Å². The summed E-state index contributed by atoms with van der Waals surface area (Å²) >= 11 is 0. The van der Waals surface area contributed by atoms with Gasteiger partial charge in [-0.1, -0.05) is 12.1 Å². The normalized spacial score (nSPS) is 12.2. The van der Waals surface area contributed by atoms with Crippen LogP contribution in [0.15, 0.2) is 24.3 Å². The summed E-state index contributed by atoms with van der Waals surface area (Å²) in [5, 5.41) is 8.93. The second kappa shape index (κ2) is 5.34. The van der Waals surface area contributed by atoms with E-state index in [1.165, 1.54) is 12.1 Å². The molecular weight excluding hydrogens is 222 g/mol. The fourth-order valence-corrected chi connectivity index (χ4v) is 1.47. The van der Waals surface area contributed by atoms with Gasteiger partial charge in [0.1, 0.15) is 5.75 Å². The van der Waals surface area contributed by atoms with Crippen molar-refractivity contribution in [3.63, 3.8) is 0 Å². The molecule has 92 valence electrons. The maximum atomic E-state index is 11.1. The summed E-state index contributed by atoms with van der Waals surface area (Å²) in [6.45, 7) is 3.71. The first kappa shape index (κ1) is 13.0. The maximum Gasteiger partial charge on any atom is 0.320 e. The molecule has 0 saturated heterocycles. The molecule has 0 radical (unpaired) electrons. The highest BCUT2D eigenvalue weighted by Crippen LogP contribution is 2.22. The van der Waals surface area contributed by atoms with Crippen LogP contribution >= 0.6 is 0 Å². The summed E-state index contributed by atoms with van der Waals surface area (Å²) in [6, 6.07) is 6.38. The third-order valence-corrected chi connectivity index (χ3v) is 2.09. The summed E-state index contributed by atoms with van der Waals surface area (Å²) in [5.74, 6) is -2.98. The predicted molar refractivity (Wildman–Crippen MR) is 61.8 cm³/mol. The van der Waals surface area contributed by atoms with E-state index in [1.54, 1.807) is 12.1 Å². The Bertz CT molecular complexity index is 414. The third-order valence-electron chi connectivity index (χ3n) is 2.09. The molecule has 0 heterocycles. The van der Waals surface area contributed by atoms with Crippen LogP contribution in [0.3, 0.4) is 0 Å². The average molecular weight is 237 g/mol. The van der Waals surface area contributed by atoms with Crippen LogP contribution in [0, 0.1) is 0 Å². The molecule has 0 saturated carbocycles. The second-order valence-corrected chi connectivity index (χ2v) is 3.91. The number of carboxylic acids is 1. The molecule has 1 aromatic carbocycles. The van der Waals surface area contributed by atoms with Crippen LogP contribution in [-0.2, 0) is 9.59 Å². The van der Waals surface area contributed by atoms with Gasteiger partial charge in [-0.25, -0.2) is 0 Å². The molecule has 1 atom stereocenters. The van der Waals surface area contributed by atoms with Crippen molar-refractivity contribution in [3.8, 4) is 5.75 Å². The molecule has 1 amide bonds. The molecule has 17 heavy (non-hydrogen) atoms. The van der Waals surface area contributed by atoms with Gasteiger partial charge in [0.2, 0.25) is 5.91 Å². The fraction of sp³-hybridized carbons (Fsp3) is 0.333. The number of carboxylic acid groups (broad SMARTS) is 1. The van der Waals surface area contributed by atoms with Gasteiger partial charge in [0.05, 0.1) is 6.10 Å². The van der Waals surface area contributed by atoms with E-state index in [2.05, 4.69) is 0 Å². The van der Waals surface area contributed by atoms with E-state index in [9.17, 15) is 9.59 Å². The number of amides is 1. The number of carbonyl (C=O) groups is 2. The summed E-state index contributed by atoms with van der Waals surface area (Å²) in [7, 11) is 0. The minimum absolute atomic E-state index is 0.0258. The van der Waals surface area contributed by atoms with Crippen molar-refractivity contribution in [1.29, 1.82) is 0 Å². The van der Waals surface area contributed by atoms with Gasteiger partial charge in [-0.15, -0.1) is 0 Å². The van der Waals surface area contributed by atoms with E-state index in [4.69, 9.17) is 15.6 Å². The largest absolute Gasteiger partial charge is 0.491 e. The molecule has 0 bridgehead atoms. The Hall–Kier alpha value is -2.04. The van der Waals surface area contributed by atoms with Gasteiger partial charge in [0.25, 0.3) is 0 Å². The van der Waals surface area contributed by atoms with Gasteiger partial charge in [-0.05, 0) is 31.5 Å². The zero-order valence-corrected chi connectivity index (χ0v) is 9.71. The number of primary amides is 1. The molecular formula is C12H15NO4. The molecule has 0 aliphatic heterocycles. The summed E-state index contributed by atoms with van der Waals surface area (Å²) < 4.78 is 5.42. The van der Waals surface area contributed by atoms with Crippen molar-refractivity contribution < 1.29 is 19.4 Å². The maximum absolute atomic E-state index is 11.1. The number of aliphatic carboxylic acids is 1. The highest BCUT2D eigenvalue weighted by Gasteiger charge is 2.26. The van der Waals surface area contributed by atoms with E-state index in [1.807, 2.05) is 13.8 Å². The van der Waals surface area contributed by atoms with Crippen molar-refractivity contribution in [2.75, 3.05) is 0 Å². The van der Waals surface area contributed by atoms with Gasteiger partial charge in [0, 0.05) is 0 Å². The third kappa shape index (κ3) is 3.48. The van der Waals surface area contributed by atoms with Crippen LogP contribution in [-0.4, -0.2) is 23.1 Å². The van der Waals surface area contributed by atoms with Crippen molar-refractivity contribution in [1.82, 2.24) is 0 Å². The number of ether oxygens (including phenoxy) is 1. The van der Waals surface area contributed by atoms with E-state index in [-0.39, 0.29) is 6.10 Å². The zero-order valence-electron chi connectivity index (χ0n) is 9.71. The molecule has 1 unspecified atom stereocenters. The van der Waals surface area contributed by atoms with Crippen molar-refractivity contribution in [2.24, 2.45) is 5.73 Å². The van der Waals surface area contributed by atoms with E-state index >= 15 is 0 Å². The van der Waals surface area contributed by atoms with Gasteiger partial charge in [-0.2, -0.15) is 0 Å². The zero-order chi connectivity index (χ0) is 13.0. The smallest absolute Gasteiger partial charge is 0.320 e. The SMILES string of the molecule is CC(C)Oc1cccc(C(C(N)=O)C(=O)O)c1. The van der Waals surface area contributed by atoms with Gasteiger partial charge < -0.3 is 15.6 Å². The fourth-order valence-electron chi connectivity index (χ4n) is 1.47. The lowest BCUT2D eigenvalue weighted by molar-refractivity contribution is -0.142. The van der Waals surface area contributed by atoms with Crippen LogP contribution in [0.1, 0.15) is 25.3 Å². The lowest BCUT2D eigenvalue weighted by Crippen LogP contribution is -2.28. The summed E-state index contributed by atoms with van der Waals surface area (Å²) in [6.07, 6.45) is -0.0258. The van der Waals surface area contributed by atoms with E-state index in [0.717, 1.165) is 0 Å². The van der Waals surface area contributed by atoms with Crippen LogP contribution in [0.4, 0.5) is 0 Å². The monoisotopic (exact) mass is 237 g/mol. The number of carbonyl (C=O) groups excluding carboxylic acids is 1. The van der Waals surface area contributed by atoms with Crippen LogP contribution in [0.25, 0.3) is 0 Å². The number of nitrogens with two attached hydrogens (primary N) is 1. The summed E-state index contributed by atoms with van der Waals surface area (Å²) in [5.41, 5.74) is 5.38. The topological polar surface area (TPSA) is 89.6 Å². The number of hydrogen-bond donors (Lipinski definition) is 2.